The summed E-state index contributed by atoms with van der Waals surface area (Å²) in [6.07, 6.45) is 3.44. The van der Waals surface area contributed by atoms with E-state index in [1.807, 2.05) is 6.07 Å². The number of nitrogens with zero attached hydrogens (tertiary/aromatic N) is 2. The van der Waals surface area contributed by atoms with E-state index in [0.29, 0.717) is 11.1 Å². The highest BCUT2D eigenvalue weighted by atomic mass is 32.2. The molecule has 0 saturated carbocycles. The second-order valence-electron chi connectivity index (χ2n) is 15.5. The van der Waals surface area contributed by atoms with Gasteiger partial charge in [0.25, 0.3) is 0 Å². The van der Waals surface area contributed by atoms with E-state index in [4.69, 9.17) is 14.1 Å². The van der Waals surface area contributed by atoms with E-state index in [2.05, 4.69) is 190 Å². The van der Waals surface area contributed by atoms with Gasteiger partial charge in [-0.25, -0.2) is 4.98 Å². The molecule has 0 bridgehead atoms. The van der Waals surface area contributed by atoms with Crippen molar-refractivity contribution in [3.63, 3.8) is 0 Å². The fraction of sp³-hybridized carbons (Fsp3) is 0.0714. The smallest absolute Gasteiger partial charge is 0.123 e. The molecular weight excluding hydrogens is 733 g/mol. The number of hydrogen-bond donors (Lipinski definition) is 0. The molecule has 1 aromatic heterocycles. The monoisotopic (exact) mass is 777 g/mol. The molecule has 0 fully saturated rings. The van der Waals surface area contributed by atoms with Gasteiger partial charge in [0.05, 0.1) is 5.69 Å². The van der Waals surface area contributed by atoms with Gasteiger partial charge in [0.2, 0.25) is 0 Å². The first-order valence-electron chi connectivity index (χ1n) is 21.5. The molecule has 1 aliphatic heterocycles. The Labute approximate surface area is 355 Å². The van der Waals surface area contributed by atoms with Crippen molar-refractivity contribution in [3.05, 3.63) is 217 Å². The molecular formula is C56H42N2S. The summed E-state index contributed by atoms with van der Waals surface area (Å²) in [6.45, 7) is 1.94. The third-order valence-electron chi connectivity index (χ3n) is 11.6. The van der Waals surface area contributed by atoms with E-state index in [1.165, 1.54) is 11.8 Å². The summed E-state index contributed by atoms with van der Waals surface area (Å²) in [5.74, 6) is 0. The van der Waals surface area contributed by atoms with Crippen LogP contribution in [0.1, 0.15) is 34.8 Å². The van der Waals surface area contributed by atoms with Crippen molar-refractivity contribution < 1.29 is 4.11 Å². The van der Waals surface area contributed by atoms with Crippen LogP contribution in [0.15, 0.2) is 210 Å². The lowest BCUT2D eigenvalue weighted by Gasteiger charge is -2.34. The Morgan fingerprint density at radius 2 is 0.729 bits per heavy atom. The fourth-order valence-corrected chi connectivity index (χ4v) is 10.3. The van der Waals surface area contributed by atoms with Crippen LogP contribution in [0.4, 0.5) is 0 Å². The van der Waals surface area contributed by atoms with Gasteiger partial charge in [-0.3, -0.25) is 4.98 Å². The highest BCUT2D eigenvalue weighted by Crippen LogP contribution is 2.56. The second kappa shape index (κ2) is 15.2. The van der Waals surface area contributed by atoms with Gasteiger partial charge >= 0.3 is 0 Å². The summed E-state index contributed by atoms with van der Waals surface area (Å²) in [5.41, 5.74) is 16.6. The van der Waals surface area contributed by atoms with Crippen LogP contribution in [0.5, 0.6) is 0 Å². The third-order valence-corrected chi connectivity index (χ3v) is 12.7. The zero-order valence-corrected chi connectivity index (χ0v) is 33.7. The standard InChI is InChI=1S/C56H42N2S/c1-37-29-34-45-53(59-55-54(56(45,2)3)57-35-36-58-55)46(37)43-30-32-44(33-31-43)52-50(41-25-15-7-16-26-41)48(39-21-11-5-12-22-39)47(38-19-9-4-10-20-38)49(40-23-13-6-14-24-40)51(52)42-27-17-8-18-28-42/h4-36H,1-3H3/i1D3. The number of aromatic nitrogens is 2. The number of rotatable bonds is 7. The first kappa shape index (κ1) is 33.2. The first-order chi connectivity index (χ1) is 30.2. The summed E-state index contributed by atoms with van der Waals surface area (Å²) in [6, 6.07) is 66.1. The van der Waals surface area contributed by atoms with Gasteiger partial charge in [-0.15, -0.1) is 0 Å². The van der Waals surface area contributed by atoms with Gasteiger partial charge in [0.15, 0.2) is 0 Å². The van der Waals surface area contributed by atoms with Crippen molar-refractivity contribution >= 4 is 11.8 Å². The molecule has 0 aliphatic carbocycles. The Bertz CT molecular complexity index is 2960. The van der Waals surface area contributed by atoms with E-state index in [0.717, 1.165) is 93.5 Å². The molecule has 0 saturated heterocycles. The van der Waals surface area contributed by atoms with Crippen LogP contribution in [0.2, 0.25) is 0 Å². The van der Waals surface area contributed by atoms with E-state index in [1.54, 1.807) is 18.5 Å². The average Bonchev–Trinajstić information content (AvgIpc) is 3.31. The Kier molecular flexibility index (Phi) is 8.54. The summed E-state index contributed by atoms with van der Waals surface area (Å²) >= 11 is 1.51. The molecule has 9 aromatic rings. The van der Waals surface area contributed by atoms with E-state index < -0.39 is 12.3 Å². The lowest BCUT2D eigenvalue weighted by atomic mass is 9.74. The lowest BCUT2D eigenvalue weighted by molar-refractivity contribution is 0.573. The minimum Gasteiger partial charge on any atom is -0.256 e. The molecule has 282 valence electrons. The number of aryl methyl sites for hydroxylation is 1. The van der Waals surface area contributed by atoms with Crippen LogP contribution < -0.4 is 0 Å². The first-order valence-corrected chi connectivity index (χ1v) is 20.8. The van der Waals surface area contributed by atoms with Crippen molar-refractivity contribution in [2.24, 2.45) is 0 Å². The number of hydrogen-bond acceptors (Lipinski definition) is 3. The largest absolute Gasteiger partial charge is 0.256 e. The van der Waals surface area contributed by atoms with Crippen molar-refractivity contribution in [1.29, 1.82) is 0 Å². The van der Waals surface area contributed by atoms with Crippen LogP contribution in [-0.2, 0) is 5.41 Å². The van der Waals surface area contributed by atoms with Gasteiger partial charge in [0, 0.05) is 26.8 Å². The molecule has 0 radical (unpaired) electrons. The predicted octanol–water partition coefficient (Wildman–Crippen LogP) is 15.2. The zero-order valence-electron chi connectivity index (χ0n) is 35.9. The fourth-order valence-electron chi connectivity index (χ4n) is 8.83. The highest BCUT2D eigenvalue weighted by Gasteiger charge is 2.37. The SMILES string of the molecule is [2H]C([2H])([2H])c1ccc2c(c1-c1ccc(-c3c(-c4ccccc4)c(-c4ccccc4)c(-c4ccccc4)c(-c4ccccc4)c3-c3ccccc3)cc1)Sc1nccnc1C2(C)C. The van der Waals surface area contributed by atoms with Gasteiger partial charge in [0.1, 0.15) is 5.03 Å². The normalized spacial score (nSPS) is 13.7. The van der Waals surface area contributed by atoms with E-state index in [9.17, 15) is 0 Å². The van der Waals surface area contributed by atoms with Gasteiger partial charge in [-0.05, 0) is 95.9 Å². The third kappa shape index (κ3) is 6.39. The molecule has 10 rings (SSSR count). The van der Waals surface area contributed by atoms with Crippen molar-refractivity contribution in [3.8, 4) is 77.9 Å². The zero-order chi connectivity index (χ0) is 42.4. The summed E-state index contributed by atoms with van der Waals surface area (Å²) < 4.78 is 26.2. The second-order valence-corrected chi connectivity index (χ2v) is 16.5. The van der Waals surface area contributed by atoms with Crippen LogP contribution in [-0.4, -0.2) is 9.97 Å². The molecule has 0 spiro atoms. The molecule has 2 nitrogen and oxygen atoms in total. The molecule has 0 amide bonds. The van der Waals surface area contributed by atoms with Gasteiger partial charge < -0.3 is 0 Å². The quantitative estimate of drug-likeness (QED) is 0.161. The Hall–Kier alpha value is -6.81. The van der Waals surface area contributed by atoms with Crippen molar-refractivity contribution in [1.82, 2.24) is 9.97 Å². The van der Waals surface area contributed by atoms with E-state index in [-0.39, 0.29) is 0 Å². The van der Waals surface area contributed by atoms with Crippen molar-refractivity contribution in [2.75, 3.05) is 0 Å². The molecule has 1 aliphatic rings. The average molecular weight is 778 g/mol. The maximum absolute atomic E-state index is 8.75. The summed E-state index contributed by atoms with van der Waals surface area (Å²) in [7, 11) is 0. The molecule has 0 N–H and O–H groups in total. The molecule has 8 aromatic carbocycles. The Morgan fingerprint density at radius 1 is 0.390 bits per heavy atom. The van der Waals surface area contributed by atoms with Crippen LogP contribution in [0.3, 0.4) is 0 Å². The molecule has 2 heterocycles. The van der Waals surface area contributed by atoms with Gasteiger partial charge in [-0.2, -0.15) is 0 Å². The van der Waals surface area contributed by atoms with Crippen molar-refractivity contribution in [2.45, 2.75) is 36.0 Å². The lowest BCUT2D eigenvalue weighted by Crippen LogP contribution is -2.26. The minimum absolute atomic E-state index is 0.319. The minimum atomic E-state index is -2.35. The number of fused-ring (bicyclic) bond motifs is 2. The highest BCUT2D eigenvalue weighted by molar-refractivity contribution is 7.99. The molecule has 59 heavy (non-hydrogen) atoms. The summed E-state index contributed by atoms with van der Waals surface area (Å²) in [4.78, 5) is 10.4. The molecule has 0 atom stereocenters. The van der Waals surface area contributed by atoms with E-state index >= 15 is 0 Å². The Balaban J connectivity index is 1.33. The van der Waals surface area contributed by atoms with Crippen LogP contribution >= 0.6 is 11.8 Å². The maximum atomic E-state index is 8.75. The predicted molar refractivity (Wildman–Crippen MR) is 248 cm³/mol. The van der Waals surface area contributed by atoms with Gasteiger partial charge in [-0.1, -0.05) is 214 Å². The van der Waals surface area contributed by atoms with Crippen LogP contribution in [0, 0.1) is 6.85 Å². The molecule has 3 heteroatoms. The Morgan fingerprint density at radius 3 is 1.10 bits per heavy atom. The molecule has 0 unspecified atom stereocenters. The number of benzene rings is 8. The topological polar surface area (TPSA) is 25.8 Å². The van der Waals surface area contributed by atoms with Crippen LogP contribution in [0.25, 0.3) is 77.9 Å². The summed E-state index contributed by atoms with van der Waals surface area (Å²) in [5, 5.41) is 0.797. The maximum Gasteiger partial charge on any atom is 0.123 e.